The zero-order chi connectivity index (χ0) is 10.4. The minimum Gasteiger partial charge on any atom is -0.479 e. The number of benzene rings is 1. The second-order valence-electron chi connectivity index (χ2n) is 2.86. The summed E-state index contributed by atoms with van der Waals surface area (Å²) in [5, 5.41) is 8.65. The lowest BCUT2D eigenvalue weighted by atomic mass is 10.2. The van der Waals surface area contributed by atoms with Gasteiger partial charge in [-0.25, -0.2) is 4.79 Å². The topological polar surface area (TPSA) is 72.5 Å². The summed E-state index contributed by atoms with van der Waals surface area (Å²) in [6, 6.07) is 9.37. The Morgan fingerprint density at radius 3 is 2.57 bits per heavy atom. The smallest absolute Gasteiger partial charge is 0.334 e. The first-order valence-corrected chi connectivity index (χ1v) is 4.32. The zero-order valence-electron chi connectivity index (χ0n) is 7.72. The first kappa shape index (κ1) is 10.7. The first-order valence-electron chi connectivity index (χ1n) is 4.32. The zero-order valence-corrected chi connectivity index (χ0v) is 7.72. The van der Waals surface area contributed by atoms with Gasteiger partial charge in [-0.3, -0.25) is 0 Å². The van der Waals surface area contributed by atoms with Crippen LogP contribution >= 0.6 is 0 Å². The molecule has 0 saturated heterocycles. The molecule has 0 aliphatic heterocycles. The van der Waals surface area contributed by atoms with Gasteiger partial charge >= 0.3 is 5.97 Å². The molecule has 4 nitrogen and oxygen atoms in total. The van der Waals surface area contributed by atoms with Crippen LogP contribution in [0.5, 0.6) is 0 Å². The van der Waals surface area contributed by atoms with Gasteiger partial charge in [0.1, 0.15) is 0 Å². The lowest BCUT2D eigenvalue weighted by molar-refractivity contribution is -0.150. The van der Waals surface area contributed by atoms with Crippen LogP contribution in [0.15, 0.2) is 30.3 Å². The third-order valence-corrected chi connectivity index (χ3v) is 1.78. The molecule has 0 spiro atoms. The molecule has 0 amide bonds. The normalized spacial score (nSPS) is 12.4. The molecule has 0 aliphatic rings. The van der Waals surface area contributed by atoms with Crippen molar-refractivity contribution in [1.82, 2.24) is 0 Å². The van der Waals surface area contributed by atoms with Crippen LogP contribution in [0.4, 0.5) is 0 Å². The Kier molecular flexibility index (Phi) is 4.10. The van der Waals surface area contributed by atoms with E-state index in [1.807, 2.05) is 30.3 Å². The maximum Gasteiger partial charge on any atom is 0.334 e. The molecule has 0 aliphatic carbocycles. The van der Waals surface area contributed by atoms with Gasteiger partial charge in [0.05, 0.1) is 6.61 Å². The van der Waals surface area contributed by atoms with Crippen molar-refractivity contribution in [1.29, 1.82) is 0 Å². The molecule has 0 saturated carbocycles. The summed E-state index contributed by atoms with van der Waals surface area (Å²) in [6.45, 7) is 0.261. The minimum atomic E-state index is -1.02. The highest BCUT2D eigenvalue weighted by atomic mass is 16.5. The van der Waals surface area contributed by atoms with Gasteiger partial charge in [0.25, 0.3) is 0 Å². The highest BCUT2D eigenvalue weighted by Crippen LogP contribution is 2.02. The van der Waals surface area contributed by atoms with Crippen molar-refractivity contribution in [2.75, 3.05) is 6.54 Å². The third-order valence-electron chi connectivity index (χ3n) is 1.78. The molecule has 0 fully saturated rings. The molecule has 0 heterocycles. The van der Waals surface area contributed by atoms with E-state index in [9.17, 15) is 4.79 Å². The Bertz CT molecular complexity index is 287. The van der Waals surface area contributed by atoms with Crippen molar-refractivity contribution in [2.45, 2.75) is 12.7 Å². The number of hydrogen-bond acceptors (Lipinski definition) is 3. The van der Waals surface area contributed by atoms with Crippen LogP contribution in [-0.4, -0.2) is 23.7 Å². The molecule has 76 valence electrons. The SMILES string of the molecule is NCC(OCc1ccccc1)C(=O)O. The van der Waals surface area contributed by atoms with E-state index < -0.39 is 12.1 Å². The monoisotopic (exact) mass is 195 g/mol. The minimum absolute atomic E-state index is 0.0117. The van der Waals surface area contributed by atoms with E-state index in [0.29, 0.717) is 0 Å². The van der Waals surface area contributed by atoms with Crippen molar-refractivity contribution < 1.29 is 14.6 Å². The maximum absolute atomic E-state index is 10.5. The van der Waals surface area contributed by atoms with E-state index in [4.69, 9.17) is 15.6 Å². The number of carbonyl (C=O) groups is 1. The van der Waals surface area contributed by atoms with Crippen LogP contribution in [0.25, 0.3) is 0 Å². The molecule has 14 heavy (non-hydrogen) atoms. The molecule has 1 atom stereocenters. The molecule has 1 aromatic carbocycles. The first-order chi connectivity index (χ1) is 6.74. The maximum atomic E-state index is 10.5. The molecule has 1 unspecified atom stereocenters. The number of nitrogens with two attached hydrogens (primary N) is 1. The quantitative estimate of drug-likeness (QED) is 0.722. The van der Waals surface area contributed by atoms with Crippen LogP contribution in [0.3, 0.4) is 0 Å². The molecule has 0 aromatic heterocycles. The van der Waals surface area contributed by atoms with Crippen molar-refractivity contribution in [3.63, 3.8) is 0 Å². The second-order valence-corrected chi connectivity index (χ2v) is 2.86. The molecule has 3 N–H and O–H groups in total. The number of carboxylic acid groups (broad SMARTS) is 1. The van der Waals surface area contributed by atoms with E-state index in [-0.39, 0.29) is 13.2 Å². The van der Waals surface area contributed by atoms with Gasteiger partial charge in [-0.1, -0.05) is 30.3 Å². The molecular formula is C10H13NO3. The highest BCUT2D eigenvalue weighted by molar-refractivity contribution is 5.72. The van der Waals surface area contributed by atoms with Gasteiger partial charge in [0.2, 0.25) is 0 Å². The lowest BCUT2D eigenvalue weighted by Crippen LogP contribution is -2.31. The van der Waals surface area contributed by atoms with Crippen LogP contribution in [0.1, 0.15) is 5.56 Å². The number of carboxylic acids is 1. The fourth-order valence-electron chi connectivity index (χ4n) is 1.01. The summed E-state index contributed by atoms with van der Waals surface area (Å²) < 4.78 is 5.11. The molecule has 0 bridgehead atoms. The van der Waals surface area contributed by atoms with Gasteiger partial charge in [0, 0.05) is 6.54 Å². The molecule has 4 heteroatoms. The molecule has 1 aromatic rings. The number of ether oxygens (including phenoxy) is 1. The highest BCUT2D eigenvalue weighted by Gasteiger charge is 2.15. The number of aliphatic carboxylic acids is 1. The van der Waals surface area contributed by atoms with Gasteiger partial charge < -0.3 is 15.6 Å². The Labute approximate surface area is 82.3 Å². The number of hydrogen-bond donors (Lipinski definition) is 2. The van der Waals surface area contributed by atoms with E-state index in [1.165, 1.54) is 0 Å². The van der Waals surface area contributed by atoms with Crippen LogP contribution in [0, 0.1) is 0 Å². The summed E-state index contributed by atoms with van der Waals surface area (Å²) >= 11 is 0. The van der Waals surface area contributed by atoms with Crippen LogP contribution in [-0.2, 0) is 16.1 Å². The summed E-state index contributed by atoms with van der Waals surface area (Å²) in [4.78, 5) is 10.5. The van der Waals surface area contributed by atoms with Crippen molar-refractivity contribution in [2.24, 2.45) is 5.73 Å². The molecule has 1 rings (SSSR count). The predicted molar refractivity (Wildman–Crippen MR) is 51.7 cm³/mol. The summed E-state index contributed by atoms with van der Waals surface area (Å²) in [5.74, 6) is -1.02. The van der Waals surface area contributed by atoms with Crippen molar-refractivity contribution in [3.8, 4) is 0 Å². The van der Waals surface area contributed by atoms with Gasteiger partial charge in [-0.15, -0.1) is 0 Å². The van der Waals surface area contributed by atoms with Gasteiger partial charge in [-0.05, 0) is 5.56 Å². The van der Waals surface area contributed by atoms with Crippen LogP contribution in [0.2, 0.25) is 0 Å². The third kappa shape index (κ3) is 3.16. The number of rotatable bonds is 5. The second kappa shape index (κ2) is 5.36. The summed E-state index contributed by atoms with van der Waals surface area (Å²) in [5.41, 5.74) is 6.17. The Balaban J connectivity index is 2.44. The van der Waals surface area contributed by atoms with Gasteiger partial charge in [0.15, 0.2) is 6.10 Å². The van der Waals surface area contributed by atoms with Crippen LogP contribution < -0.4 is 5.73 Å². The van der Waals surface area contributed by atoms with Crippen molar-refractivity contribution in [3.05, 3.63) is 35.9 Å². The standard InChI is InChI=1S/C10H13NO3/c11-6-9(10(12)13)14-7-8-4-2-1-3-5-8/h1-5,9H,6-7,11H2,(H,12,13). The molecular weight excluding hydrogens is 182 g/mol. The fraction of sp³-hybridized carbons (Fsp3) is 0.300. The van der Waals surface area contributed by atoms with E-state index in [0.717, 1.165) is 5.56 Å². The average Bonchev–Trinajstić information content (AvgIpc) is 2.20. The Morgan fingerprint density at radius 2 is 2.07 bits per heavy atom. The van der Waals surface area contributed by atoms with E-state index >= 15 is 0 Å². The van der Waals surface area contributed by atoms with E-state index in [1.54, 1.807) is 0 Å². The fourth-order valence-corrected chi connectivity index (χ4v) is 1.01. The Morgan fingerprint density at radius 1 is 1.43 bits per heavy atom. The largest absolute Gasteiger partial charge is 0.479 e. The summed E-state index contributed by atoms with van der Waals surface area (Å²) in [6.07, 6.45) is -0.921. The summed E-state index contributed by atoms with van der Waals surface area (Å²) in [7, 11) is 0. The predicted octanol–water partition coefficient (Wildman–Crippen LogP) is 0.615. The van der Waals surface area contributed by atoms with Crippen molar-refractivity contribution >= 4 is 5.97 Å². The Hall–Kier alpha value is -1.39. The van der Waals surface area contributed by atoms with E-state index in [2.05, 4.69) is 0 Å². The van der Waals surface area contributed by atoms with Gasteiger partial charge in [-0.2, -0.15) is 0 Å². The average molecular weight is 195 g/mol. The lowest BCUT2D eigenvalue weighted by Gasteiger charge is -2.10. The molecule has 0 radical (unpaired) electrons.